The van der Waals surface area contributed by atoms with Gasteiger partial charge in [-0.25, -0.2) is 9.37 Å². The van der Waals surface area contributed by atoms with E-state index in [9.17, 15) is 17.6 Å². The van der Waals surface area contributed by atoms with E-state index in [4.69, 9.17) is 0 Å². The van der Waals surface area contributed by atoms with Gasteiger partial charge in [-0.2, -0.15) is 13.2 Å². The molecule has 3 rings (SSSR count). The number of fused-ring (bicyclic) bond motifs is 1. The number of pyridine rings is 1. The van der Waals surface area contributed by atoms with E-state index in [-0.39, 0.29) is 11.9 Å². The number of nitrogens with zero attached hydrogens (tertiary/aromatic N) is 3. The van der Waals surface area contributed by atoms with Crippen LogP contribution >= 0.6 is 0 Å². The lowest BCUT2D eigenvalue weighted by molar-refractivity contribution is -0.150. The summed E-state index contributed by atoms with van der Waals surface area (Å²) in [6.07, 6.45) is -4.19. The van der Waals surface area contributed by atoms with Gasteiger partial charge in [0.15, 0.2) is 0 Å². The molecule has 0 spiro atoms. The van der Waals surface area contributed by atoms with E-state index < -0.39 is 12.7 Å². The highest BCUT2D eigenvalue weighted by Crippen LogP contribution is 2.30. The van der Waals surface area contributed by atoms with E-state index in [1.54, 1.807) is 26.0 Å². The van der Waals surface area contributed by atoms with Crippen molar-refractivity contribution in [1.29, 1.82) is 0 Å². The van der Waals surface area contributed by atoms with Crippen molar-refractivity contribution in [3.8, 4) is 0 Å². The molecule has 1 atom stereocenters. The Morgan fingerprint density at radius 3 is 2.67 bits per heavy atom. The molecule has 0 bridgehead atoms. The first-order chi connectivity index (χ1) is 11.2. The van der Waals surface area contributed by atoms with Crippen molar-refractivity contribution < 1.29 is 17.6 Å². The summed E-state index contributed by atoms with van der Waals surface area (Å²) in [5, 5.41) is 0.692. The molecule has 0 radical (unpaired) electrons. The molecule has 130 valence electrons. The summed E-state index contributed by atoms with van der Waals surface area (Å²) in [4.78, 5) is 7.71. The van der Waals surface area contributed by atoms with Gasteiger partial charge in [0, 0.05) is 42.4 Å². The van der Waals surface area contributed by atoms with Gasteiger partial charge >= 0.3 is 6.18 Å². The number of benzene rings is 1. The Bertz CT molecular complexity index is 744. The zero-order valence-corrected chi connectivity index (χ0v) is 13.6. The maximum Gasteiger partial charge on any atom is 0.401 e. The molecular formula is C17H19F4N3. The van der Waals surface area contributed by atoms with Crippen molar-refractivity contribution in [2.45, 2.75) is 26.1 Å². The summed E-state index contributed by atoms with van der Waals surface area (Å²) in [7, 11) is 0. The number of aromatic nitrogens is 1. The molecule has 3 nitrogen and oxygen atoms in total. The van der Waals surface area contributed by atoms with Crippen LogP contribution in [0.5, 0.6) is 0 Å². The van der Waals surface area contributed by atoms with E-state index >= 15 is 0 Å². The Labute approximate surface area is 137 Å². The van der Waals surface area contributed by atoms with Crippen molar-refractivity contribution >= 4 is 16.6 Å². The average Bonchev–Trinajstić information content (AvgIpc) is 2.48. The predicted octanol–water partition coefficient (Wildman–Crippen LogP) is 3.76. The van der Waals surface area contributed by atoms with E-state index in [0.717, 1.165) is 5.69 Å². The molecule has 0 amide bonds. The van der Waals surface area contributed by atoms with Crippen LogP contribution in [0.3, 0.4) is 0 Å². The third-order valence-electron chi connectivity index (χ3n) is 4.38. The second-order valence-electron chi connectivity index (χ2n) is 6.30. The maximum absolute atomic E-state index is 14.0. The van der Waals surface area contributed by atoms with E-state index in [1.165, 1.54) is 11.0 Å². The molecule has 1 aromatic carbocycles. The number of alkyl halides is 3. The Morgan fingerprint density at radius 1 is 1.25 bits per heavy atom. The van der Waals surface area contributed by atoms with Gasteiger partial charge in [0.2, 0.25) is 0 Å². The molecule has 1 aromatic heterocycles. The standard InChI is InChI=1S/C17H19F4N3/c1-11-8-15(13-4-3-5-14(18)16(13)22-11)23-6-7-24(12(2)9-23)10-17(19,20)21/h3-5,8,12H,6-7,9-10H2,1-2H3. The Kier molecular flexibility index (Phi) is 4.38. The van der Waals surface area contributed by atoms with Gasteiger partial charge in [-0.1, -0.05) is 12.1 Å². The van der Waals surface area contributed by atoms with Crippen molar-refractivity contribution in [2.24, 2.45) is 0 Å². The lowest BCUT2D eigenvalue weighted by atomic mass is 10.1. The lowest BCUT2D eigenvalue weighted by Crippen LogP contribution is -2.54. The number of anilines is 1. The Hall–Kier alpha value is -1.89. The van der Waals surface area contributed by atoms with Crippen LogP contribution < -0.4 is 4.90 Å². The number of hydrogen-bond donors (Lipinski definition) is 0. The van der Waals surface area contributed by atoms with Crippen LogP contribution in [0.15, 0.2) is 24.3 Å². The first-order valence-corrected chi connectivity index (χ1v) is 7.86. The summed E-state index contributed by atoms with van der Waals surface area (Å²) in [5.41, 5.74) is 1.82. The molecule has 1 saturated heterocycles. The van der Waals surface area contributed by atoms with E-state index in [0.29, 0.717) is 36.2 Å². The van der Waals surface area contributed by atoms with Crippen molar-refractivity contribution in [1.82, 2.24) is 9.88 Å². The van der Waals surface area contributed by atoms with Gasteiger partial charge < -0.3 is 4.90 Å². The van der Waals surface area contributed by atoms with Gasteiger partial charge in [-0.3, -0.25) is 4.90 Å². The number of rotatable bonds is 2. The Balaban J connectivity index is 1.89. The molecule has 1 aliphatic rings. The minimum atomic E-state index is -4.19. The maximum atomic E-state index is 14.0. The fourth-order valence-electron chi connectivity index (χ4n) is 3.26. The molecule has 2 heterocycles. The van der Waals surface area contributed by atoms with Gasteiger partial charge in [-0.15, -0.1) is 0 Å². The van der Waals surface area contributed by atoms with Crippen LogP contribution in [0, 0.1) is 12.7 Å². The van der Waals surface area contributed by atoms with E-state index in [2.05, 4.69) is 4.98 Å². The second-order valence-corrected chi connectivity index (χ2v) is 6.30. The summed E-state index contributed by atoms with van der Waals surface area (Å²) in [5.74, 6) is -0.388. The highest BCUT2D eigenvalue weighted by atomic mass is 19.4. The zero-order valence-electron chi connectivity index (χ0n) is 13.6. The zero-order chi connectivity index (χ0) is 17.5. The van der Waals surface area contributed by atoms with E-state index in [1.807, 2.05) is 11.0 Å². The minimum Gasteiger partial charge on any atom is -0.368 e. The summed E-state index contributed by atoms with van der Waals surface area (Å²) in [6.45, 7) is 3.93. The largest absolute Gasteiger partial charge is 0.401 e. The topological polar surface area (TPSA) is 19.4 Å². The second kappa shape index (κ2) is 6.20. The molecule has 2 aromatic rings. The smallest absolute Gasteiger partial charge is 0.368 e. The first kappa shape index (κ1) is 17.0. The molecule has 1 aliphatic heterocycles. The summed E-state index contributed by atoms with van der Waals surface area (Å²) in [6, 6.07) is 6.42. The highest BCUT2D eigenvalue weighted by molar-refractivity contribution is 5.92. The molecular weight excluding hydrogens is 322 g/mol. The fraction of sp³-hybridized carbons (Fsp3) is 0.471. The van der Waals surface area contributed by atoms with Crippen LogP contribution in [0.4, 0.5) is 23.2 Å². The van der Waals surface area contributed by atoms with Crippen LogP contribution in [-0.2, 0) is 0 Å². The van der Waals surface area contributed by atoms with Crippen LogP contribution in [0.25, 0.3) is 10.9 Å². The van der Waals surface area contributed by atoms with Gasteiger partial charge in [0.1, 0.15) is 11.3 Å². The average molecular weight is 341 g/mol. The van der Waals surface area contributed by atoms with Gasteiger partial charge in [0.25, 0.3) is 0 Å². The number of halogens is 4. The number of para-hydroxylation sites is 1. The monoisotopic (exact) mass is 341 g/mol. The normalized spacial score (nSPS) is 19.9. The summed E-state index contributed by atoms with van der Waals surface area (Å²) < 4.78 is 51.9. The molecule has 1 fully saturated rings. The van der Waals surface area contributed by atoms with Crippen LogP contribution in [-0.4, -0.2) is 48.3 Å². The van der Waals surface area contributed by atoms with Gasteiger partial charge in [-0.05, 0) is 26.0 Å². The molecule has 7 heteroatoms. The lowest BCUT2D eigenvalue weighted by Gasteiger charge is -2.41. The van der Waals surface area contributed by atoms with Crippen LogP contribution in [0.2, 0.25) is 0 Å². The highest BCUT2D eigenvalue weighted by Gasteiger charge is 2.35. The third kappa shape index (κ3) is 3.45. The Morgan fingerprint density at radius 2 is 2.00 bits per heavy atom. The molecule has 24 heavy (non-hydrogen) atoms. The van der Waals surface area contributed by atoms with Crippen molar-refractivity contribution in [3.63, 3.8) is 0 Å². The SMILES string of the molecule is Cc1cc(N2CCN(CC(F)(F)F)C(C)C2)c2cccc(F)c2n1. The minimum absolute atomic E-state index is 0.238. The molecule has 1 unspecified atom stereocenters. The summed E-state index contributed by atoms with van der Waals surface area (Å²) >= 11 is 0. The van der Waals surface area contributed by atoms with Gasteiger partial charge in [0.05, 0.1) is 6.54 Å². The van der Waals surface area contributed by atoms with Crippen molar-refractivity contribution in [2.75, 3.05) is 31.1 Å². The molecule has 0 aliphatic carbocycles. The van der Waals surface area contributed by atoms with Crippen LogP contribution in [0.1, 0.15) is 12.6 Å². The molecule has 0 N–H and O–H groups in total. The number of aryl methyl sites for hydroxylation is 1. The number of piperazine rings is 1. The fourth-order valence-corrected chi connectivity index (χ4v) is 3.26. The predicted molar refractivity (Wildman–Crippen MR) is 85.7 cm³/mol. The quantitative estimate of drug-likeness (QED) is 0.776. The number of hydrogen-bond acceptors (Lipinski definition) is 3. The molecule has 0 saturated carbocycles. The first-order valence-electron chi connectivity index (χ1n) is 7.86. The third-order valence-corrected chi connectivity index (χ3v) is 4.38. The van der Waals surface area contributed by atoms with Crippen molar-refractivity contribution in [3.05, 3.63) is 35.8 Å².